The smallest absolute Gasteiger partial charge is 0.321 e. The highest BCUT2D eigenvalue weighted by molar-refractivity contribution is 5.90. The van der Waals surface area contributed by atoms with Crippen LogP contribution < -0.4 is 10.1 Å². The van der Waals surface area contributed by atoms with Crippen molar-refractivity contribution in [2.24, 2.45) is 0 Å². The van der Waals surface area contributed by atoms with Crippen molar-refractivity contribution in [3.05, 3.63) is 59.2 Å². The Hall–Kier alpha value is -2.53. The van der Waals surface area contributed by atoms with Crippen LogP contribution in [0.3, 0.4) is 0 Å². The maximum atomic E-state index is 12.5. The number of urea groups is 1. The van der Waals surface area contributed by atoms with Gasteiger partial charge in [0.2, 0.25) is 0 Å². The molecule has 5 heteroatoms. The van der Waals surface area contributed by atoms with E-state index < -0.39 is 0 Å². The SMILES string of the molecule is COc1ccc(CN2CCN(C(=O)Nc3cc(C)ccc3C)CC2)cc1. The quantitative estimate of drug-likeness (QED) is 0.912. The van der Waals surface area contributed by atoms with Gasteiger partial charge in [-0.25, -0.2) is 4.79 Å². The van der Waals surface area contributed by atoms with Crippen LogP contribution in [0.4, 0.5) is 10.5 Å². The van der Waals surface area contributed by atoms with Crippen LogP contribution in [0.25, 0.3) is 0 Å². The Morgan fingerprint density at radius 3 is 2.38 bits per heavy atom. The van der Waals surface area contributed by atoms with Gasteiger partial charge in [-0.05, 0) is 48.7 Å². The molecule has 1 saturated heterocycles. The van der Waals surface area contributed by atoms with Crippen LogP contribution in [0.2, 0.25) is 0 Å². The number of hydrogen-bond donors (Lipinski definition) is 1. The maximum Gasteiger partial charge on any atom is 0.321 e. The number of carbonyl (C=O) groups excluding carboxylic acids is 1. The Morgan fingerprint density at radius 2 is 1.73 bits per heavy atom. The number of carbonyl (C=O) groups is 1. The number of piperazine rings is 1. The largest absolute Gasteiger partial charge is 0.497 e. The summed E-state index contributed by atoms with van der Waals surface area (Å²) in [5.74, 6) is 0.877. The van der Waals surface area contributed by atoms with E-state index in [0.29, 0.717) is 0 Å². The number of rotatable bonds is 4. The Balaban J connectivity index is 1.51. The number of benzene rings is 2. The van der Waals surface area contributed by atoms with E-state index in [9.17, 15) is 4.79 Å². The van der Waals surface area contributed by atoms with Crippen molar-refractivity contribution in [2.75, 3.05) is 38.6 Å². The van der Waals surface area contributed by atoms with Crippen molar-refractivity contribution in [3.8, 4) is 5.75 Å². The first-order chi connectivity index (χ1) is 12.5. The molecule has 138 valence electrons. The standard InChI is InChI=1S/C21H27N3O2/c1-16-4-5-17(2)20(14-16)22-21(25)24-12-10-23(11-13-24)15-18-6-8-19(26-3)9-7-18/h4-9,14H,10-13,15H2,1-3H3,(H,22,25). The molecule has 0 saturated carbocycles. The van der Waals surface area contributed by atoms with Gasteiger partial charge in [0.1, 0.15) is 5.75 Å². The first kappa shape index (κ1) is 18.3. The molecule has 26 heavy (non-hydrogen) atoms. The van der Waals surface area contributed by atoms with Gasteiger partial charge in [0.05, 0.1) is 7.11 Å². The predicted molar refractivity (Wildman–Crippen MR) is 105 cm³/mol. The van der Waals surface area contributed by atoms with E-state index in [1.165, 1.54) is 5.56 Å². The first-order valence-corrected chi connectivity index (χ1v) is 9.03. The summed E-state index contributed by atoms with van der Waals surface area (Å²) < 4.78 is 5.20. The summed E-state index contributed by atoms with van der Waals surface area (Å²) in [4.78, 5) is 16.8. The van der Waals surface area contributed by atoms with E-state index in [0.717, 1.165) is 55.3 Å². The number of nitrogens with one attached hydrogen (secondary N) is 1. The summed E-state index contributed by atoms with van der Waals surface area (Å²) >= 11 is 0. The summed E-state index contributed by atoms with van der Waals surface area (Å²) in [6, 6.07) is 14.3. The van der Waals surface area contributed by atoms with Gasteiger partial charge >= 0.3 is 6.03 Å². The first-order valence-electron chi connectivity index (χ1n) is 9.03. The van der Waals surface area contributed by atoms with Crippen LogP contribution in [0.15, 0.2) is 42.5 Å². The molecule has 0 aliphatic carbocycles. The lowest BCUT2D eigenvalue weighted by Crippen LogP contribution is -2.49. The van der Waals surface area contributed by atoms with Gasteiger partial charge in [0.15, 0.2) is 0 Å². The lowest BCUT2D eigenvalue weighted by Gasteiger charge is -2.34. The molecular weight excluding hydrogens is 326 g/mol. The Bertz CT molecular complexity index is 750. The molecule has 1 fully saturated rings. The Morgan fingerprint density at radius 1 is 1.04 bits per heavy atom. The average Bonchev–Trinajstić information content (AvgIpc) is 2.66. The van der Waals surface area contributed by atoms with E-state index in [1.807, 2.05) is 43.0 Å². The molecule has 1 aliphatic heterocycles. The molecule has 0 atom stereocenters. The van der Waals surface area contributed by atoms with Crippen molar-refractivity contribution in [1.82, 2.24) is 9.80 Å². The molecule has 1 heterocycles. The monoisotopic (exact) mass is 353 g/mol. The zero-order chi connectivity index (χ0) is 18.5. The molecular formula is C21H27N3O2. The van der Waals surface area contributed by atoms with Crippen LogP contribution in [0, 0.1) is 13.8 Å². The molecule has 0 spiro atoms. The highest BCUT2D eigenvalue weighted by Gasteiger charge is 2.21. The van der Waals surface area contributed by atoms with Crippen molar-refractivity contribution in [1.29, 1.82) is 0 Å². The van der Waals surface area contributed by atoms with Gasteiger partial charge in [-0.15, -0.1) is 0 Å². The van der Waals surface area contributed by atoms with Crippen molar-refractivity contribution < 1.29 is 9.53 Å². The second-order valence-electron chi connectivity index (χ2n) is 6.86. The summed E-state index contributed by atoms with van der Waals surface area (Å²) in [6.45, 7) is 8.20. The normalized spacial score (nSPS) is 15.0. The summed E-state index contributed by atoms with van der Waals surface area (Å²) in [6.07, 6.45) is 0. The van der Waals surface area contributed by atoms with Crippen molar-refractivity contribution >= 4 is 11.7 Å². The molecule has 2 aromatic rings. The van der Waals surface area contributed by atoms with Gasteiger partial charge < -0.3 is 15.0 Å². The third kappa shape index (κ3) is 4.55. The third-order valence-corrected chi connectivity index (χ3v) is 4.86. The average molecular weight is 353 g/mol. The van der Waals surface area contributed by atoms with Crippen molar-refractivity contribution in [3.63, 3.8) is 0 Å². The molecule has 0 aromatic heterocycles. The number of aryl methyl sites for hydroxylation is 2. The summed E-state index contributed by atoms with van der Waals surface area (Å²) in [5, 5.41) is 3.05. The van der Waals surface area contributed by atoms with E-state index in [-0.39, 0.29) is 6.03 Å². The van der Waals surface area contributed by atoms with E-state index in [1.54, 1.807) is 7.11 Å². The lowest BCUT2D eigenvalue weighted by molar-refractivity contribution is 0.143. The fraction of sp³-hybridized carbons (Fsp3) is 0.381. The highest BCUT2D eigenvalue weighted by atomic mass is 16.5. The minimum absolute atomic E-state index is 0.0113. The molecule has 0 unspecified atom stereocenters. The zero-order valence-electron chi connectivity index (χ0n) is 15.8. The van der Waals surface area contributed by atoms with Crippen molar-refractivity contribution in [2.45, 2.75) is 20.4 Å². The van der Waals surface area contributed by atoms with Gasteiger partial charge in [-0.1, -0.05) is 24.3 Å². The zero-order valence-corrected chi connectivity index (χ0v) is 15.8. The minimum Gasteiger partial charge on any atom is -0.497 e. The fourth-order valence-electron chi connectivity index (χ4n) is 3.16. The van der Waals surface area contributed by atoms with E-state index in [4.69, 9.17) is 4.74 Å². The number of nitrogens with zero attached hydrogens (tertiary/aromatic N) is 2. The second kappa shape index (κ2) is 8.23. The van der Waals surface area contributed by atoms with Crippen LogP contribution in [0.5, 0.6) is 5.75 Å². The number of amides is 2. The molecule has 0 radical (unpaired) electrons. The van der Waals surface area contributed by atoms with E-state index >= 15 is 0 Å². The van der Waals surface area contributed by atoms with Gasteiger partial charge in [0, 0.05) is 38.4 Å². The number of hydrogen-bond acceptors (Lipinski definition) is 3. The Kier molecular flexibility index (Phi) is 5.78. The number of methoxy groups -OCH3 is 1. The summed E-state index contributed by atoms with van der Waals surface area (Å²) in [7, 11) is 1.68. The van der Waals surface area contributed by atoms with Crippen LogP contribution in [-0.4, -0.2) is 49.1 Å². The lowest BCUT2D eigenvalue weighted by atomic mass is 10.1. The second-order valence-corrected chi connectivity index (χ2v) is 6.86. The molecule has 1 aliphatic rings. The van der Waals surface area contributed by atoms with Crippen LogP contribution in [0.1, 0.15) is 16.7 Å². The van der Waals surface area contributed by atoms with Gasteiger partial charge in [0.25, 0.3) is 0 Å². The molecule has 5 nitrogen and oxygen atoms in total. The van der Waals surface area contributed by atoms with Crippen LogP contribution >= 0.6 is 0 Å². The molecule has 3 rings (SSSR count). The topological polar surface area (TPSA) is 44.8 Å². The highest BCUT2D eigenvalue weighted by Crippen LogP contribution is 2.18. The van der Waals surface area contributed by atoms with Crippen LogP contribution in [-0.2, 0) is 6.54 Å². The molecule has 0 bridgehead atoms. The number of anilines is 1. The molecule has 2 aromatic carbocycles. The van der Waals surface area contributed by atoms with E-state index in [2.05, 4.69) is 28.4 Å². The van der Waals surface area contributed by atoms with Gasteiger partial charge in [-0.3, -0.25) is 4.90 Å². The van der Waals surface area contributed by atoms with Gasteiger partial charge in [-0.2, -0.15) is 0 Å². The number of ether oxygens (including phenoxy) is 1. The fourth-order valence-corrected chi connectivity index (χ4v) is 3.16. The predicted octanol–water partition coefficient (Wildman–Crippen LogP) is 3.66. The third-order valence-electron chi connectivity index (χ3n) is 4.86. The Labute approximate surface area is 155 Å². The molecule has 2 amide bonds. The maximum absolute atomic E-state index is 12.5. The molecule has 1 N–H and O–H groups in total. The summed E-state index contributed by atoms with van der Waals surface area (Å²) in [5.41, 5.74) is 4.40. The minimum atomic E-state index is -0.0113.